The Morgan fingerprint density at radius 2 is 1.92 bits per heavy atom. The van der Waals surface area contributed by atoms with Gasteiger partial charge in [-0.15, -0.1) is 10.2 Å². The first-order valence-corrected chi connectivity index (χ1v) is 8.70. The van der Waals surface area contributed by atoms with Gasteiger partial charge in [-0.05, 0) is 18.6 Å². The summed E-state index contributed by atoms with van der Waals surface area (Å²) in [6.45, 7) is 0.140. The zero-order chi connectivity index (χ0) is 18.4. The largest absolute Gasteiger partial charge is 0.491 e. The number of hydrogen-bond acceptors (Lipinski definition) is 5. The number of anilines is 1. The van der Waals surface area contributed by atoms with Crippen molar-refractivity contribution in [3.63, 3.8) is 0 Å². The number of amides is 1. The highest BCUT2D eigenvalue weighted by Gasteiger charge is 2.10. The fraction of sp³-hybridized carbons (Fsp3) is 0.167. The van der Waals surface area contributed by atoms with Gasteiger partial charge < -0.3 is 10.1 Å². The van der Waals surface area contributed by atoms with Gasteiger partial charge in [-0.3, -0.25) is 4.79 Å². The van der Waals surface area contributed by atoms with E-state index in [4.69, 9.17) is 4.74 Å². The first-order chi connectivity index (χ1) is 12.6. The molecule has 1 N–H and O–H groups in total. The molecule has 134 valence electrons. The van der Waals surface area contributed by atoms with Crippen molar-refractivity contribution in [3.8, 4) is 16.3 Å². The van der Waals surface area contributed by atoms with Gasteiger partial charge in [0, 0.05) is 18.1 Å². The van der Waals surface area contributed by atoms with Crippen molar-refractivity contribution in [1.82, 2.24) is 10.2 Å². The number of carbonyl (C=O) groups excluding carboxylic acids is 1. The van der Waals surface area contributed by atoms with Crippen molar-refractivity contribution in [3.05, 3.63) is 60.2 Å². The standard InChI is InChI=1S/C18H15F2N3O2S/c19-13-8-9-15(14(20)11-13)25-10-4-7-16(24)21-18-23-22-17(26-18)12-5-2-1-3-6-12/h1-3,5-6,8-9,11H,4,7,10H2,(H,21,23,24). The lowest BCUT2D eigenvalue weighted by Crippen LogP contribution is -2.12. The van der Waals surface area contributed by atoms with Crippen LogP contribution in [0.2, 0.25) is 0 Å². The first-order valence-electron chi connectivity index (χ1n) is 7.88. The molecule has 3 rings (SSSR count). The van der Waals surface area contributed by atoms with Crippen LogP contribution >= 0.6 is 11.3 Å². The Morgan fingerprint density at radius 3 is 2.69 bits per heavy atom. The van der Waals surface area contributed by atoms with Gasteiger partial charge in [-0.1, -0.05) is 41.7 Å². The first kappa shape index (κ1) is 17.9. The molecule has 0 radical (unpaired) electrons. The molecule has 5 nitrogen and oxygen atoms in total. The van der Waals surface area contributed by atoms with Crippen molar-refractivity contribution < 1.29 is 18.3 Å². The molecule has 8 heteroatoms. The Morgan fingerprint density at radius 1 is 1.12 bits per heavy atom. The number of nitrogens with zero attached hydrogens (tertiary/aromatic N) is 2. The summed E-state index contributed by atoms with van der Waals surface area (Å²) in [5.74, 6) is -1.70. The highest BCUT2D eigenvalue weighted by Crippen LogP contribution is 2.26. The third-order valence-corrected chi connectivity index (χ3v) is 4.28. The maximum Gasteiger partial charge on any atom is 0.226 e. The highest BCUT2D eigenvalue weighted by atomic mass is 32.1. The molecular weight excluding hydrogens is 360 g/mol. The molecule has 0 aliphatic carbocycles. The van der Waals surface area contributed by atoms with Crippen LogP contribution in [0.5, 0.6) is 5.75 Å². The second kappa shape index (κ2) is 8.48. The summed E-state index contributed by atoms with van der Waals surface area (Å²) in [6.07, 6.45) is 0.566. The maximum atomic E-state index is 13.4. The molecule has 1 heterocycles. The fourth-order valence-electron chi connectivity index (χ4n) is 2.16. The van der Waals surface area contributed by atoms with Crippen LogP contribution in [-0.4, -0.2) is 22.7 Å². The second-order valence-corrected chi connectivity index (χ2v) is 6.33. The fourth-order valence-corrected chi connectivity index (χ4v) is 2.93. The van der Waals surface area contributed by atoms with Gasteiger partial charge in [0.05, 0.1) is 6.61 Å². The van der Waals surface area contributed by atoms with Crippen molar-refractivity contribution in [1.29, 1.82) is 0 Å². The molecule has 26 heavy (non-hydrogen) atoms. The molecule has 0 aliphatic rings. The maximum absolute atomic E-state index is 13.4. The van der Waals surface area contributed by atoms with Crippen LogP contribution in [0.3, 0.4) is 0 Å². The van der Waals surface area contributed by atoms with Crippen LogP contribution in [0.15, 0.2) is 48.5 Å². The summed E-state index contributed by atoms with van der Waals surface area (Å²) in [4.78, 5) is 11.9. The lowest BCUT2D eigenvalue weighted by Gasteiger charge is -2.06. The molecule has 0 spiro atoms. The number of hydrogen-bond donors (Lipinski definition) is 1. The van der Waals surface area contributed by atoms with Gasteiger partial charge in [0.2, 0.25) is 11.0 Å². The molecule has 0 unspecified atom stereocenters. The summed E-state index contributed by atoms with van der Waals surface area (Å²) in [6, 6.07) is 12.6. The molecule has 0 atom stereocenters. The van der Waals surface area contributed by atoms with Crippen LogP contribution < -0.4 is 10.1 Å². The SMILES string of the molecule is O=C(CCCOc1ccc(F)cc1F)Nc1nnc(-c2ccccc2)s1. The number of ether oxygens (including phenoxy) is 1. The van der Waals surface area contributed by atoms with Crippen LogP contribution in [0.25, 0.3) is 10.6 Å². The van der Waals surface area contributed by atoms with E-state index in [-0.39, 0.29) is 24.7 Å². The van der Waals surface area contributed by atoms with E-state index >= 15 is 0 Å². The smallest absolute Gasteiger partial charge is 0.226 e. The average Bonchev–Trinajstić information content (AvgIpc) is 3.09. The molecule has 1 aromatic heterocycles. The number of nitrogens with one attached hydrogen (secondary N) is 1. The minimum atomic E-state index is -0.767. The molecule has 0 bridgehead atoms. The normalized spacial score (nSPS) is 10.5. The summed E-state index contributed by atoms with van der Waals surface area (Å²) >= 11 is 1.28. The van der Waals surface area contributed by atoms with Crippen molar-refractivity contribution in [2.75, 3.05) is 11.9 Å². The zero-order valence-corrected chi connectivity index (χ0v) is 14.4. The predicted octanol–water partition coefficient (Wildman–Crippen LogP) is 4.28. The number of carbonyl (C=O) groups is 1. The number of benzene rings is 2. The average molecular weight is 375 g/mol. The Balaban J connectivity index is 1.44. The Bertz CT molecular complexity index is 887. The van der Waals surface area contributed by atoms with Crippen LogP contribution in [0.4, 0.5) is 13.9 Å². The molecule has 3 aromatic rings. The van der Waals surface area contributed by atoms with E-state index in [9.17, 15) is 13.6 Å². The molecule has 0 fully saturated rings. The molecule has 0 aliphatic heterocycles. The number of aromatic nitrogens is 2. The van der Waals surface area contributed by atoms with E-state index in [0.717, 1.165) is 22.7 Å². The van der Waals surface area contributed by atoms with Crippen LogP contribution in [-0.2, 0) is 4.79 Å². The molecule has 1 amide bonds. The predicted molar refractivity (Wildman–Crippen MR) is 95.1 cm³/mol. The van der Waals surface area contributed by atoms with Crippen molar-refractivity contribution in [2.24, 2.45) is 0 Å². The van der Waals surface area contributed by atoms with E-state index in [0.29, 0.717) is 11.6 Å². The van der Waals surface area contributed by atoms with Gasteiger partial charge >= 0.3 is 0 Å². The topological polar surface area (TPSA) is 64.1 Å². The summed E-state index contributed by atoms with van der Waals surface area (Å²) in [7, 11) is 0. The van der Waals surface area contributed by atoms with Crippen molar-refractivity contribution in [2.45, 2.75) is 12.8 Å². The van der Waals surface area contributed by atoms with Crippen LogP contribution in [0.1, 0.15) is 12.8 Å². The lowest BCUT2D eigenvalue weighted by molar-refractivity contribution is -0.116. The Kier molecular flexibility index (Phi) is 5.85. The van der Waals surface area contributed by atoms with Gasteiger partial charge in [-0.25, -0.2) is 8.78 Å². The minimum absolute atomic E-state index is 0.0385. The van der Waals surface area contributed by atoms with Gasteiger partial charge in [0.1, 0.15) is 10.8 Å². The third kappa shape index (κ3) is 4.82. The molecule has 2 aromatic carbocycles. The highest BCUT2D eigenvalue weighted by molar-refractivity contribution is 7.18. The summed E-state index contributed by atoms with van der Waals surface area (Å²) in [5.41, 5.74) is 0.931. The van der Waals surface area contributed by atoms with Crippen molar-refractivity contribution >= 4 is 22.4 Å². The zero-order valence-electron chi connectivity index (χ0n) is 13.6. The van der Waals surface area contributed by atoms with E-state index in [1.165, 1.54) is 17.4 Å². The van der Waals surface area contributed by atoms with Gasteiger partial charge in [-0.2, -0.15) is 0 Å². The van der Waals surface area contributed by atoms with Crippen LogP contribution in [0, 0.1) is 11.6 Å². The van der Waals surface area contributed by atoms with Gasteiger partial charge in [0.15, 0.2) is 11.6 Å². The van der Waals surface area contributed by atoms with E-state index in [1.54, 1.807) is 0 Å². The van der Waals surface area contributed by atoms with E-state index in [2.05, 4.69) is 15.5 Å². The lowest BCUT2D eigenvalue weighted by atomic mass is 10.2. The molecular formula is C18H15F2N3O2S. The molecule has 0 saturated heterocycles. The molecule has 0 saturated carbocycles. The van der Waals surface area contributed by atoms with E-state index < -0.39 is 11.6 Å². The van der Waals surface area contributed by atoms with E-state index in [1.807, 2.05) is 30.3 Å². The Labute approximate surface area is 152 Å². The monoisotopic (exact) mass is 375 g/mol. The third-order valence-electron chi connectivity index (χ3n) is 3.39. The Hall–Kier alpha value is -2.87. The summed E-state index contributed by atoms with van der Waals surface area (Å²) in [5, 5.41) is 11.8. The quantitative estimate of drug-likeness (QED) is 0.626. The number of rotatable bonds is 7. The van der Waals surface area contributed by atoms with Gasteiger partial charge in [0.25, 0.3) is 0 Å². The summed E-state index contributed by atoms with van der Waals surface area (Å²) < 4.78 is 31.4. The minimum Gasteiger partial charge on any atom is -0.491 e. The number of halogens is 2. The second-order valence-electron chi connectivity index (χ2n) is 5.35.